The van der Waals surface area contributed by atoms with Gasteiger partial charge in [0.15, 0.2) is 0 Å². The Bertz CT molecular complexity index is 729. The predicted octanol–water partition coefficient (Wildman–Crippen LogP) is 3.60. The molecule has 3 nitrogen and oxygen atoms in total. The summed E-state index contributed by atoms with van der Waals surface area (Å²) in [6.45, 7) is 0. The zero-order valence-corrected chi connectivity index (χ0v) is 10.2. The molecule has 0 unspecified atom stereocenters. The van der Waals surface area contributed by atoms with Crippen LogP contribution >= 0.6 is 0 Å². The van der Waals surface area contributed by atoms with Crippen LogP contribution in [0.4, 0.5) is 20.2 Å². The summed E-state index contributed by atoms with van der Waals surface area (Å²) in [5.41, 5.74) is 2.07. The topological polar surface area (TPSA) is 29.9 Å². The number of benzene rings is 2. The maximum atomic E-state index is 13.1. The summed E-state index contributed by atoms with van der Waals surface area (Å²) in [5.74, 6) is -1.21. The van der Waals surface area contributed by atoms with E-state index in [0.717, 1.165) is 22.7 Å². The SMILES string of the molecule is Cn1ncc2ccc(Nc3cc(F)cc(F)c3)cc21. The number of halogens is 2. The minimum Gasteiger partial charge on any atom is -0.355 e. The van der Waals surface area contributed by atoms with Gasteiger partial charge in [0.1, 0.15) is 11.6 Å². The fraction of sp³-hybridized carbons (Fsp3) is 0.0714. The van der Waals surface area contributed by atoms with E-state index in [4.69, 9.17) is 0 Å². The Labute approximate surface area is 108 Å². The number of fused-ring (bicyclic) bond motifs is 1. The van der Waals surface area contributed by atoms with E-state index in [-0.39, 0.29) is 0 Å². The van der Waals surface area contributed by atoms with Crippen molar-refractivity contribution < 1.29 is 8.78 Å². The highest BCUT2D eigenvalue weighted by atomic mass is 19.1. The zero-order valence-electron chi connectivity index (χ0n) is 10.2. The lowest BCUT2D eigenvalue weighted by molar-refractivity contribution is 0.584. The van der Waals surface area contributed by atoms with E-state index in [9.17, 15) is 8.78 Å². The molecule has 0 aliphatic carbocycles. The molecule has 0 bridgehead atoms. The van der Waals surface area contributed by atoms with Gasteiger partial charge in [-0.3, -0.25) is 4.68 Å². The molecule has 96 valence electrons. The highest BCUT2D eigenvalue weighted by Crippen LogP contribution is 2.23. The van der Waals surface area contributed by atoms with Crippen LogP contribution in [0.1, 0.15) is 0 Å². The maximum Gasteiger partial charge on any atom is 0.128 e. The van der Waals surface area contributed by atoms with E-state index in [1.807, 2.05) is 25.2 Å². The van der Waals surface area contributed by atoms with Crippen LogP contribution in [-0.4, -0.2) is 9.78 Å². The van der Waals surface area contributed by atoms with Gasteiger partial charge >= 0.3 is 0 Å². The molecule has 0 atom stereocenters. The lowest BCUT2D eigenvalue weighted by atomic mass is 10.2. The van der Waals surface area contributed by atoms with Gasteiger partial charge in [0.25, 0.3) is 0 Å². The molecule has 0 spiro atoms. The fourth-order valence-corrected chi connectivity index (χ4v) is 2.01. The molecular weight excluding hydrogens is 248 g/mol. The molecule has 0 fully saturated rings. The quantitative estimate of drug-likeness (QED) is 0.762. The van der Waals surface area contributed by atoms with E-state index < -0.39 is 11.6 Å². The number of nitrogens with zero attached hydrogens (tertiary/aromatic N) is 2. The molecule has 0 radical (unpaired) electrons. The van der Waals surface area contributed by atoms with Crippen molar-refractivity contribution in [2.75, 3.05) is 5.32 Å². The number of nitrogens with one attached hydrogen (secondary N) is 1. The molecule has 1 aromatic heterocycles. The molecule has 3 aromatic rings. The van der Waals surface area contributed by atoms with Crippen molar-refractivity contribution in [2.45, 2.75) is 0 Å². The smallest absolute Gasteiger partial charge is 0.128 e. The predicted molar refractivity (Wildman–Crippen MR) is 70.4 cm³/mol. The normalized spacial score (nSPS) is 10.9. The van der Waals surface area contributed by atoms with Gasteiger partial charge in [0.2, 0.25) is 0 Å². The van der Waals surface area contributed by atoms with Crippen LogP contribution in [-0.2, 0) is 7.05 Å². The molecule has 0 amide bonds. The van der Waals surface area contributed by atoms with Crippen molar-refractivity contribution in [1.82, 2.24) is 9.78 Å². The number of aryl methyl sites for hydroxylation is 1. The first-order valence-electron chi connectivity index (χ1n) is 5.77. The van der Waals surface area contributed by atoms with E-state index >= 15 is 0 Å². The van der Waals surface area contributed by atoms with Gasteiger partial charge in [-0.15, -0.1) is 0 Å². The molecule has 5 heteroatoms. The number of anilines is 2. The van der Waals surface area contributed by atoms with Crippen molar-refractivity contribution in [1.29, 1.82) is 0 Å². The molecule has 0 aliphatic heterocycles. The average molecular weight is 259 g/mol. The van der Waals surface area contributed by atoms with Crippen molar-refractivity contribution in [3.8, 4) is 0 Å². The highest BCUT2D eigenvalue weighted by molar-refractivity contribution is 5.83. The Balaban J connectivity index is 1.98. The van der Waals surface area contributed by atoms with Crippen molar-refractivity contribution >= 4 is 22.3 Å². The Morgan fingerprint density at radius 2 is 1.74 bits per heavy atom. The summed E-state index contributed by atoms with van der Waals surface area (Å²) in [6, 6.07) is 8.96. The van der Waals surface area contributed by atoms with Crippen LogP contribution in [0.5, 0.6) is 0 Å². The summed E-state index contributed by atoms with van der Waals surface area (Å²) < 4.78 is 28.0. The Kier molecular flexibility index (Phi) is 2.67. The number of aromatic nitrogens is 2. The standard InChI is InChI=1S/C14H11F2N3/c1-19-14-7-12(3-2-9(14)8-17-19)18-13-5-10(15)4-11(16)6-13/h2-8,18H,1H3. The fourth-order valence-electron chi connectivity index (χ4n) is 2.01. The van der Waals surface area contributed by atoms with Crippen molar-refractivity contribution in [3.05, 3.63) is 54.2 Å². The molecule has 1 N–H and O–H groups in total. The first-order valence-corrected chi connectivity index (χ1v) is 5.77. The van der Waals surface area contributed by atoms with Gasteiger partial charge in [-0.1, -0.05) is 0 Å². The molecule has 1 heterocycles. The van der Waals surface area contributed by atoms with Gasteiger partial charge in [0.05, 0.1) is 11.7 Å². The first kappa shape index (κ1) is 11.6. The summed E-state index contributed by atoms with van der Waals surface area (Å²) in [5, 5.41) is 8.13. The van der Waals surface area contributed by atoms with Crippen LogP contribution in [0, 0.1) is 11.6 Å². The van der Waals surface area contributed by atoms with Crippen LogP contribution in [0.3, 0.4) is 0 Å². The van der Waals surface area contributed by atoms with Gasteiger partial charge in [-0.2, -0.15) is 5.10 Å². The minimum absolute atomic E-state index is 0.374. The lowest BCUT2D eigenvalue weighted by Gasteiger charge is -2.07. The van der Waals surface area contributed by atoms with Gasteiger partial charge in [-0.25, -0.2) is 8.78 Å². The van der Waals surface area contributed by atoms with Crippen molar-refractivity contribution in [3.63, 3.8) is 0 Å². The average Bonchev–Trinajstić information content (AvgIpc) is 2.70. The summed E-state index contributed by atoms with van der Waals surface area (Å²) in [7, 11) is 1.84. The first-order chi connectivity index (χ1) is 9.11. The van der Waals surface area contributed by atoms with Crippen LogP contribution < -0.4 is 5.32 Å². The molecule has 0 aliphatic rings. The highest BCUT2D eigenvalue weighted by Gasteiger charge is 2.04. The summed E-state index contributed by atoms with van der Waals surface area (Å²) >= 11 is 0. The van der Waals surface area contributed by atoms with E-state index in [1.165, 1.54) is 12.1 Å². The monoisotopic (exact) mass is 259 g/mol. The summed E-state index contributed by atoms with van der Waals surface area (Å²) in [4.78, 5) is 0. The molecule has 2 aromatic carbocycles. The van der Waals surface area contributed by atoms with E-state index in [2.05, 4.69) is 10.4 Å². The number of rotatable bonds is 2. The zero-order chi connectivity index (χ0) is 13.4. The molecule has 3 rings (SSSR count). The number of hydrogen-bond acceptors (Lipinski definition) is 2. The molecule has 0 saturated carbocycles. The third kappa shape index (κ3) is 2.27. The number of hydrogen-bond donors (Lipinski definition) is 1. The van der Waals surface area contributed by atoms with E-state index in [1.54, 1.807) is 10.9 Å². The van der Waals surface area contributed by atoms with E-state index in [0.29, 0.717) is 5.69 Å². The second kappa shape index (κ2) is 4.35. The van der Waals surface area contributed by atoms with Crippen LogP contribution in [0.15, 0.2) is 42.6 Å². The van der Waals surface area contributed by atoms with Crippen LogP contribution in [0.2, 0.25) is 0 Å². The van der Waals surface area contributed by atoms with Crippen molar-refractivity contribution in [2.24, 2.45) is 7.05 Å². The second-order valence-corrected chi connectivity index (χ2v) is 4.32. The third-order valence-electron chi connectivity index (χ3n) is 2.90. The van der Waals surface area contributed by atoms with Gasteiger partial charge in [0, 0.05) is 29.9 Å². The summed E-state index contributed by atoms with van der Waals surface area (Å²) in [6.07, 6.45) is 1.76. The molecule has 0 saturated heterocycles. The Hall–Kier alpha value is -2.43. The second-order valence-electron chi connectivity index (χ2n) is 4.32. The maximum absolute atomic E-state index is 13.1. The molecular formula is C14H11F2N3. The minimum atomic E-state index is -0.607. The largest absolute Gasteiger partial charge is 0.355 e. The van der Waals surface area contributed by atoms with Gasteiger partial charge in [-0.05, 0) is 30.3 Å². The Morgan fingerprint density at radius 3 is 2.47 bits per heavy atom. The Morgan fingerprint density at radius 1 is 1.00 bits per heavy atom. The van der Waals surface area contributed by atoms with Gasteiger partial charge < -0.3 is 5.32 Å². The third-order valence-corrected chi connectivity index (χ3v) is 2.90. The molecule has 19 heavy (non-hydrogen) atoms. The lowest BCUT2D eigenvalue weighted by Crippen LogP contribution is -1.94. The van der Waals surface area contributed by atoms with Crippen LogP contribution in [0.25, 0.3) is 10.9 Å².